The van der Waals surface area contributed by atoms with Crippen LogP contribution >= 0.6 is 0 Å². The second-order valence-electron chi connectivity index (χ2n) is 8.55. The number of aliphatic hydroxyl groups is 1. The molecule has 3 aromatic rings. The number of anilines is 1. The van der Waals surface area contributed by atoms with Crippen LogP contribution in [0.3, 0.4) is 0 Å². The summed E-state index contributed by atoms with van der Waals surface area (Å²) in [6.45, 7) is 6.81. The van der Waals surface area contributed by atoms with Crippen LogP contribution in [0.15, 0.2) is 78.5 Å². The van der Waals surface area contributed by atoms with Crippen molar-refractivity contribution in [3.8, 4) is 5.75 Å². The maximum Gasteiger partial charge on any atom is 0.301 e. The summed E-state index contributed by atoms with van der Waals surface area (Å²) in [7, 11) is 0. The van der Waals surface area contributed by atoms with E-state index in [-0.39, 0.29) is 11.3 Å². The van der Waals surface area contributed by atoms with Crippen molar-refractivity contribution in [3.05, 3.63) is 95.2 Å². The minimum absolute atomic E-state index is 0.0372. The molecule has 0 radical (unpaired) electrons. The topological polar surface area (TPSA) is 79.7 Å². The molecule has 1 amide bonds. The minimum atomic E-state index is -0.799. The monoisotopic (exact) mass is 456 g/mol. The van der Waals surface area contributed by atoms with Crippen LogP contribution in [0.2, 0.25) is 0 Å². The van der Waals surface area contributed by atoms with E-state index in [1.54, 1.807) is 48.7 Å². The van der Waals surface area contributed by atoms with Gasteiger partial charge in [-0.05, 0) is 59.9 Å². The molecule has 0 saturated carbocycles. The van der Waals surface area contributed by atoms with Crippen molar-refractivity contribution in [1.29, 1.82) is 0 Å². The quantitative estimate of drug-likeness (QED) is 0.284. The number of benzene rings is 2. The summed E-state index contributed by atoms with van der Waals surface area (Å²) in [6.07, 6.45) is 2.46. The highest BCUT2D eigenvalue weighted by Crippen LogP contribution is 2.41. The summed E-state index contributed by atoms with van der Waals surface area (Å²) in [4.78, 5) is 32.0. The Morgan fingerprint density at radius 1 is 1.03 bits per heavy atom. The lowest BCUT2D eigenvalue weighted by Crippen LogP contribution is -2.30. The molecule has 1 atom stereocenters. The summed E-state index contributed by atoms with van der Waals surface area (Å²) in [5, 5.41) is 11.2. The van der Waals surface area contributed by atoms with Gasteiger partial charge in [-0.25, -0.2) is 4.98 Å². The van der Waals surface area contributed by atoms with Gasteiger partial charge in [-0.1, -0.05) is 51.1 Å². The molecule has 0 unspecified atom stereocenters. The Labute approximate surface area is 199 Å². The Balaban J connectivity index is 1.83. The molecule has 1 N–H and O–H groups in total. The molecule has 1 saturated heterocycles. The van der Waals surface area contributed by atoms with E-state index in [1.807, 2.05) is 31.2 Å². The van der Waals surface area contributed by atoms with Gasteiger partial charge in [0.15, 0.2) is 0 Å². The molecule has 1 fully saturated rings. The Morgan fingerprint density at radius 2 is 1.74 bits per heavy atom. The fourth-order valence-corrected chi connectivity index (χ4v) is 4.03. The van der Waals surface area contributed by atoms with Gasteiger partial charge < -0.3 is 9.84 Å². The Bertz CT molecular complexity index is 1200. The third kappa shape index (κ3) is 4.44. The van der Waals surface area contributed by atoms with Crippen molar-refractivity contribution in [2.75, 3.05) is 11.5 Å². The van der Waals surface area contributed by atoms with Crippen LogP contribution in [0.5, 0.6) is 5.75 Å². The fraction of sp³-hybridized carbons (Fsp3) is 0.250. The van der Waals surface area contributed by atoms with Gasteiger partial charge >= 0.3 is 5.91 Å². The predicted molar refractivity (Wildman–Crippen MR) is 132 cm³/mol. The summed E-state index contributed by atoms with van der Waals surface area (Å²) >= 11 is 0. The number of carbonyl (C=O) groups is 2. The van der Waals surface area contributed by atoms with Gasteiger partial charge in [0.05, 0.1) is 18.2 Å². The van der Waals surface area contributed by atoms with E-state index in [1.165, 1.54) is 4.90 Å². The van der Waals surface area contributed by atoms with Crippen molar-refractivity contribution in [1.82, 2.24) is 4.98 Å². The van der Waals surface area contributed by atoms with Gasteiger partial charge in [0.2, 0.25) is 0 Å². The van der Waals surface area contributed by atoms with Gasteiger partial charge in [-0.2, -0.15) is 0 Å². The smallest absolute Gasteiger partial charge is 0.301 e. The highest BCUT2D eigenvalue weighted by molar-refractivity contribution is 6.51. The summed E-state index contributed by atoms with van der Waals surface area (Å²) in [6, 6.07) is 19.0. The molecule has 0 bridgehead atoms. The van der Waals surface area contributed by atoms with Gasteiger partial charge in [0.25, 0.3) is 5.78 Å². The van der Waals surface area contributed by atoms with Crippen molar-refractivity contribution < 1.29 is 19.4 Å². The molecule has 6 nitrogen and oxygen atoms in total. The van der Waals surface area contributed by atoms with E-state index >= 15 is 0 Å². The molecule has 0 spiro atoms. The van der Waals surface area contributed by atoms with E-state index < -0.39 is 17.7 Å². The predicted octanol–water partition coefficient (Wildman–Crippen LogP) is 5.62. The number of amides is 1. The molecule has 4 rings (SSSR count). The number of ketones is 1. The van der Waals surface area contributed by atoms with E-state index in [0.717, 1.165) is 17.5 Å². The van der Waals surface area contributed by atoms with Crippen LogP contribution in [0, 0.1) is 0 Å². The number of nitrogens with zero attached hydrogens (tertiary/aromatic N) is 2. The first-order chi connectivity index (χ1) is 16.4. The second-order valence-corrected chi connectivity index (χ2v) is 8.55. The van der Waals surface area contributed by atoms with Crippen LogP contribution in [0.25, 0.3) is 5.76 Å². The van der Waals surface area contributed by atoms with Crippen molar-refractivity contribution in [3.63, 3.8) is 0 Å². The van der Waals surface area contributed by atoms with Gasteiger partial charge in [0.1, 0.15) is 17.3 Å². The number of Topliss-reactive ketones (excluding diaryl/α,β-unsaturated/α-hetero) is 1. The first-order valence-corrected chi connectivity index (χ1v) is 11.5. The highest BCUT2D eigenvalue weighted by Gasteiger charge is 2.47. The summed E-state index contributed by atoms with van der Waals surface area (Å²) < 4.78 is 5.61. The van der Waals surface area contributed by atoms with Crippen LogP contribution in [0.1, 0.15) is 55.8 Å². The summed E-state index contributed by atoms with van der Waals surface area (Å²) in [5.41, 5.74) is 2.33. The van der Waals surface area contributed by atoms with Crippen LogP contribution < -0.4 is 9.64 Å². The molecule has 2 aromatic carbocycles. The average Bonchev–Trinajstić information content (AvgIpc) is 3.13. The van der Waals surface area contributed by atoms with Crippen molar-refractivity contribution in [2.24, 2.45) is 0 Å². The van der Waals surface area contributed by atoms with Crippen LogP contribution in [0.4, 0.5) is 5.82 Å². The number of carbonyl (C=O) groups excluding carboxylic acids is 2. The third-order valence-electron chi connectivity index (χ3n) is 5.86. The summed E-state index contributed by atoms with van der Waals surface area (Å²) in [5.74, 6) is -0.326. The fourth-order valence-electron chi connectivity index (χ4n) is 4.03. The first-order valence-electron chi connectivity index (χ1n) is 11.5. The standard InChI is InChI=1S/C28H28N2O4/c1-4-17-34-22-14-12-21(13-15-22)26(31)24-25(20-10-8-19(9-11-20)18(2)3)30(28(33)27(24)32)23-7-5-6-16-29-23/h5-16,18,25,31H,4,17H2,1-3H3/t25-/m0/s1. The molecule has 34 heavy (non-hydrogen) atoms. The SMILES string of the molecule is CCCOc1ccc(C(O)=C2C(=O)C(=O)N(c3ccccn3)[C@H]2c2ccc(C(C)C)cc2)cc1. The largest absolute Gasteiger partial charge is 0.507 e. The van der Waals surface area contributed by atoms with E-state index in [2.05, 4.69) is 18.8 Å². The maximum absolute atomic E-state index is 13.2. The van der Waals surface area contributed by atoms with Crippen molar-refractivity contribution >= 4 is 23.3 Å². The van der Waals surface area contributed by atoms with Gasteiger partial charge in [-0.3, -0.25) is 14.5 Å². The molecule has 6 heteroatoms. The number of ether oxygens (including phenoxy) is 1. The zero-order valence-electron chi connectivity index (χ0n) is 19.6. The molecular formula is C28H28N2O4. The molecule has 1 aliphatic heterocycles. The lowest BCUT2D eigenvalue weighted by Gasteiger charge is -2.24. The zero-order chi connectivity index (χ0) is 24.2. The Morgan fingerprint density at radius 3 is 2.32 bits per heavy atom. The van der Waals surface area contributed by atoms with Crippen molar-refractivity contribution in [2.45, 2.75) is 39.2 Å². The number of rotatable bonds is 7. The molecule has 0 aliphatic carbocycles. The van der Waals surface area contributed by atoms with Crippen LogP contribution in [-0.4, -0.2) is 28.4 Å². The van der Waals surface area contributed by atoms with Gasteiger partial charge in [0, 0.05) is 11.8 Å². The van der Waals surface area contributed by atoms with E-state index in [9.17, 15) is 14.7 Å². The Hall–Kier alpha value is -3.93. The Kier molecular flexibility index (Phi) is 6.77. The molecular weight excluding hydrogens is 428 g/mol. The number of pyridine rings is 1. The zero-order valence-corrected chi connectivity index (χ0v) is 19.6. The molecule has 2 heterocycles. The first kappa shape index (κ1) is 23.2. The molecule has 1 aromatic heterocycles. The lowest BCUT2D eigenvalue weighted by molar-refractivity contribution is -0.132. The van der Waals surface area contributed by atoms with E-state index in [4.69, 9.17) is 4.74 Å². The lowest BCUT2D eigenvalue weighted by atomic mass is 9.93. The normalized spacial score (nSPS) is 17.4. The number of aromatic nitrogens is 1. The van der Waals surface area contributed by atoms with E-state index in [0.29, 0.717) is 29.7 Å². The average molecular weight is 457 g/mol. The maximum atomic E-state index is 13.2. The second kappa shape index (κ2) is 9.91. The molecule has 174 valence electrons. The van der Waals surface area contributed by atoms with Gasteiger partial charge in [-0.15, -0.1) is 0 Å². The highest BCUT2D eigenvalue weighted by atomic mass is 16.5. The number of hydrogen-bond donors (Lipinski definition) is 1. The molecule has 1 aliphatic rings. The number of aliphatic hydroxyl groups excluding tert-OH is 1. The third-order valence-corrected chi connectivity index (χ3v) is 5.86. The van der Waals surface area contributed by atoms with Crippen LogP contribution in [-0.2, 0) is 9.59 Å². The minimum Gasteiger partial charge on any atom is -0.507 e. The number of hydrogen-bond acceptors (Lipinski definition) is 5.